The van der Waals surface area contributed by atoms with Crippen LogP contribution in [-0.2, 0) is 11.2 Å². The summed E-state index contributed by atoms with van der Waals surface area (Å²) in [5.74, 6) is -0.256. The number of hydrogen-bond donors (Lipinski definition) is 1. The number of rotatable bonds is 2. The third-order valence-electron chi connectivity index (χ3n) is 1.92. The third kappa shape index (κ3) is 1.59. The highest BCUT2D eigenvalue weighted by Crippen LogP contribution is 2.16. The molecule has 2 rings (SSSR count). The first-order valence-corrected chi connectivity index (χ1v) is 4.23. The number of carbonyl (C=O) groups is 1. The largest absolute Gasteiger partial charge is 0.481 e. The van der Waals surface area contributed by atoms with Gasteiger partial charge in [-0.1, -0.05) is 6.07 Å². The van der Waals surface area contributed by atoms with Crippen LogP contribution in [0.3, 0.4) is 0 Å². The molecule has 0 atom stereocenters. The normalized spacial score (nSPS) is 10.6. The number of aryl methyl sites for hydroxylation is 1. The van der Waals surface area contributed by atoms with E-state index in [9.17, 15) is 4.79 Å². The molecule has 72 valence electrons. The van der Waals surface area contributed by atoms with Crippen molar-refractivity contribution in [3.8, 4) is 0 Å². The Hall–Kier alpha value is -1.84. The first kappa shape index (κ1) is 8.74. The van der Waals surface area contributed by atoms with Crippen molar-refractivity contribution in [1.29, 1.82) is 0 Å². The molecule has 0 aliphatic rings. The van der Waals surface area contributed by atoms with Crippen LogP contribution in [0.25, 0.3) is 11.1 Å². The van der Waals surface area contributed by atoms with Crippen molar-refractivity contribution >= 4 is 17.1 Å². The lowest BCUT2D eigenvalue weighted by Gasteiger charge is -1.94. The maximum atomic E-state index is 10.5. The van der Waals surface area contributed by atoms with Gasteiger partial charge in [-0.15, -0.1) is 0 Å². The zero-order valence-electron chi connectivity index (χ0n) is 7.65. The van der Waals surface area contributed by atoms with Gasteiger partial charge in [-0.25, -0.2) is 4.98 Å². The average Bonchev–Trinajstić information content (AvgIpc) is 2.42. The van der Waals surface area contributed by atoms with Gasteiger partial charge < -0.3 is 9.52 Å². The molecule has 0 aliphatic carbocycles. The number of fused-ring (bicyclic) bond motifs is 1. The van der Waals surface area contributed by atoms with E-state index in [1.165, 1.54) is 0 Å². The molecule has 0 fully saturated rings. The summed E-state index contributed by atoms with van der Waals surface area (Å²) in [5, 5.41) is 8.60. The second kappa shape index (κ2) is 3.14. The Morgan fingerprint density at radius 1 is 1.57 bits per heavy atom. The molecule has 1 aromatic carbocycles. The number of carboxylic acids is 1. The fourth-order valence-corrected chi connectivity index (χ4v) is 1.37. The molecule has 0 unspecified atom stereocenters. The maximum Gasteiger partial charge on any atom is 0.307 e. The summed E-state index contributed by atoms with van der Waals surface area (Å²) >= 11 is 0. The molecule has 4 nitrogen and oxygen atoms in total. The lowest BCUT2D eigenvalue weighted by molar-refractivity contribution is -0.136. The van der Waals surface area contributed by atoms with Crippen molar-refractivity contribution in [1.82, 2.24) is 4.98 Å². The molecule has 0 saturated heterocycles. The standard InChI is InChI=1S/C10H9NO3/c1-6-11-8-3-2-7(5-10(12)13)4-9(8)14-6/h2-4H,5H2,1H3,(H,12,13). The van der Waals surface area contributed by atoms with Crippen molar-refractivity contribution in [3.63, 3.8) is 0 Å². The summed E-state index contributed by atoms with van der Waals surface area (Å²) in [5.41, 5.74) is 2.12. The first-order valence-electron chi connectivity index (χ1n) is 4.23. The van der Waals surface area contributed by atoms with E-state index in [1.54, 1.807) is 25.1 Å². The van der Waals surface area contributed by atoms with E-state index in [2.05, 4.69) is 4.98 Å². The van der Waals surface area contributed by atoms with E-state index in [0.29, 0.717) is 11.5 Å². The molecular formula is C10H9NO3. The zero-order chi connectivity index (χ0) is 10.1. The predicted molar refractivity (Wildman–Crippen MR) is 50.1 cm³/mol. The Balaban J connectivity index is 2.45. The van der Waals surface area contributed by atoms with Gasteiger partial charge in [-0.05, 0) is 17.7 Å². The van der Waals surface area contributed by atoms with Crippen LogP contribution in [0.5, 0.6) is 0 Å². The summed E-state index contributed by atoms with van der Waals surface area (Å²) in [6.45, 7) is 1.76. The van der Waals surface area contributed by atoms with E-state index < -0.39 is 5.97 Å². The van der Waals surface area contributed by atoms with Crippen LogP contribution in [0.4, 0.5) is 0 Å². The van der Waals surface area contributed by atoms with Gasteiger partial charge in [0.25, 0.3) is 0 Å². The van der Waals surface area contributed by atoms with Gasteiger partial charge in [0, 0.05) is 6.92 Å². The summed E-state index contributed by atoms with van der Waals surface area (Å²) in [7, 11) is 0. The summed E-state index contributed by atoms with van der Waals surface area (Å²) in [4.78, 5) is 14.6. The molecule has 0 bridgehead atoms. The van der Waals surface area contributed by atoms with E-state index in [4.69, 9.17) is 9.52 Å². The van der Waals surface area contributed by atoms with Crippen molar-refractivity contribution < 1.29 is 14.3 Å². The highest BCUT2D eigenvalue weighted by atomic mass is 16.4. The molecule has 0 amide bonds. The van der Waals surface area contributed by atoms with Gasteiger partial charge in [0.05, 0.1) is 6.42 Å². The fourth-order valence-electron chi connectivity index (χ4n) is 1.37. The number of carboxylic acid groups (broad SMARTS) is 1. The molecule has 4 heteroatoms. The van der Waals surface area contributed by atoms with Gasteiger partial charge in [0.15, 0.2) is 11.5 Å². The van der Waals surface area contributed by atoms with Crippen LogP contribution in [0.1, 0.15) is 11.5 Å². The first-order chi connectivity index (χ1) is 6.65. The van der Waals surface area contributed by atoms with Crippen molar-refractivity contribution in [2.24, 2.45) is 0 Å². The second-order valence-corrected chi connectivity index (χ2v) is 3.11. The lowest BCUT2D eigenvalue weighted by Crippen LogP contribution is -1.99. The van der Waals surface area contributed by atoms with Gasteiger partial charge >= 0.3 is 5.97 Å². The van der Waals surface area contributed by atoms with Crippen LogP contribution in [0, 0.1) is 6.92 Å². The minimum atomic E-state index is -0.847. The average molecular weight is 191 g/mol. The fraction of sp³-hybridized carbons (Fsp3) is 0.200. The molecular weight excluding hydrogens is 182 g/mol. The molecule has 0 spiro atoms. The number of oxazole rings is 1. The number of nitrogens with zero attached hydrogens (tertiary/aromatic N) is 1. The summed E-state index contributed by atoms with van der Waals surface area (Å²) < 4.78 is 5.29. The Bertz CT molecular complexity index is 487. The van der Waals surface area contributed by atoms with E-state index in [-0.39, 0.29) is 6.42 Å². The van der Waals surface area contributed by atoms with Gasteiger partial charge in [0.1, 0.15) is 5.52 Å². The van der Waals surface area contributed by atoms with E-state index in [0.717, 1.165) is 11.1 Å². The molecule has 1 aromatic heterocycles. The minimum absolute atomic E-state index is 0.00961. The molecule has 14 heavy (non-hydrogen) atoms. The van der Waals surface area contributed by atoms with Crippen LogP contribution < -0.4 is 0 Å². The molecule has 0 radical (unpaired) electrons. The van der Waals surface area contributed by atoms with Crippen molar-refractivity contribution in [2.75, 3.05) is 0 Å². The number of aliphatic carboxylic acids is 1. The Morgan fingerprint density at radius 2 is 2.36 bits per heavy atom. The van der Waals surface area contributed by atoms with Crippen LogP contribution in [0.15, 0.2) is 22.6 Å². The highest BCUT2D eigenvalue weighted by molar-refractivity contribution is 5.76. The molecule has 0 saturated carbocycles. The molecule has 1 N–H and O–H groups in total. The number of aromatic nitrogens is 1. The maximum absolute atomic E-state index is 10.5. The zero-order valence-corrected chi connectivity index (χ0v) is 7.65. The Kier molecular flexibility index (Phi) is 1.96. The Morgan fingerprint density at radius 3 is 3.07 bits per heavy atom. The minimum Gasteiger partial charge on any atom is -0.481 e. The number of benzene rings is 1. The quantitative estimate of drug-likeness (QED) is 0.785. The summed E-state index contributed by atoms with van der Waals surface area (Å²) in [6.07, 6.45) is 0.00961. The van der Waals surface area contributed by atoms with Gasteiger partial charge in [0.2, 0.25) is 0 Å². The van der Waals surface area contributed by atoms with Gasteiger partial charge in [-0.3, -0.25) is 4.79 Å². The molecule has 2 aromatic rings. The monoisotopic (exact) mass is 191 g/mol. The highest BCUT2D eigenvalue weighted by Gasteiger charge is 2.05. The summed E-state index contributed by atoms with van der Waals surface area (Å²) in [6, 6.07) is 5.23. The SMILES string of the molecule is Cc1nc2ccc(CC(=O)O)cc2o1. The predicted octanol–water partition coefficient (Wildman–Crippen LogP) is 1.76. The van der Waals surface area contributed by atoms with E-state index >= 15 is 0 Å². The van der Waals surface area contributed by atoms with Crippen LogP contribution in [-0.4, -0.2) is 16.1 Å². The topological polar surface area (TPSA) is 63.3 Å². The molecule has 1 heterocycles. The van der Waals surface area contributed by atoms with Crippen LogP contribution >= 0.6 is 0 Å². The number of hydrogen-bond acceptors (Lipinski definition) is 3. The molecule has 0 aliphatic heterocycles. The van der Waals surface area contributed by atoms with E-state index in [1.807, 2.05) is 0 Å². The second-order valence-electron chi connectivity index (χ2n) is 3.11. The van der Waals surface area contributed by atoms with Crippen LogP contribution in [0.2, 0.25) is 0 Å². The third-order valence-corrected chi connectivity index (χ3v) is 1.92. The lowest BCUT2D eigenvalue weighted by atomic mass is 10.1. The van der Waals surface area contributed by atoms with Gasteiger partial charge in [-0.2, -0.15) is 0 Å². The Labute approximate surface area is 80.2 Å². The van der Waals surface area contributed by atoms with Crippen molar-refractivity contribution in [3.05, 3.63) is 29.7 Å². The van der Waals surface area contributed by atoms with Crippen molar-refractivity contribution in [2.45, 2.75) is 13.3 Å². The smallest absolute Gasteiger partial charge is 0.307 e.